The quantitative estimate of drug-likeness (QED) is 0.496. The van der Waals surface area contributed by atoms with Crippen molar-refractivity contribution >= 4 is 21.6 Å². The fourth-order valence-electron chi connectivity index (χ4n) is 3.12. The summed E-state index contributed by atoms with van der Waals surface area (Å²) in [5, 5.41) is 4.14. The first-order valence-electron chi connectivity index (χ1n) is 10.0. The van der Waals surface area contributed by atoms with Crippen molar-refractivity contribution in [3.8, 4) is 5.75 Å². The number of nitrogens with one attached hydrogen (secondary N) is 1. The minimum Gasteiger partial charge on any atom is -0.497 e. The van der Waals surface area contributed by atoms with Crippen molar-refractivity contribution in [3.63, 3.8) is 0 Å². The first kappa shape index (κ1) is 22.9. The molecule has 8 nitrogen and oxygen atoms in total. The molecular formula is C22H27N3O5S. The van der Waals surface area contributed by atoms with Crippen LogP contribution < -0.4 is 10.2 Å². The normalized spacial score (nSPS) is 15.5. The van der Waals surface area contributed by atoms with E-state index in [2.05, 4.69) is 10.5 Å². The molecule has 3 rings (SSSR count). The largest absolute Gasteiger partial charge is 0.497 e. The van der Waals surface area contributed by atoms with Crippen LogP contribution in [0, 0.1) is 0 Å². The Kier molecular flexibility index (Phi) is 7.78. The molecule has 9 heteroatoms. The Morgan fingerprint density at radius 3 is 2.35 bits per heavy atom. The molecule has 0 atom stereocenters. The summed E-state index contributed by atoms with van der Waals surface area (Å²) in [5.41, 5.74) is 5.02. The third kappa shape index (κ3) is 6.13. The number of rotatable bonds is 8. The summed E-state index contributed by atoms with van der Waals surface area (Å²) in [6.45, 7) is 3.36. The minimum absolute atomic E-state index is 0.210. The zero-order valence-electron chi connectivity index (χ0n) is 17.7. The van der Waals surface area contributed by atoms with Crippen molar-refractivity contribution < 1.29 is 22.7 Å². The topological polar surface area (TPSA) is 97.3 Å². The van der Waals surface area contributed by atoms with Crippen molar-refractivity contribution in [2.24, 2.45) is 5.10 Å². The molecule has 1 N–H and O–H groups in total. The standard InChI is InChI=1S/C22H27N3O5S/c1-17(19-6-8-20(29-2)9-7-19)23-24-22(26)12-5-18-3-10-21(11-4-18)31(27,28)25-13-15-30-16-14-25/h3-4,6-11H,5,12-16H2,1-2H3,(H,24,26). The minimum atomic E-state index is -3.51. The van der Waals surface area contributed by atoms with Gasteiger partial charge in [-0.05, 0) is 60.9 Å². The molecule has 0 spiro atoms. The summed E-state index contributed by atoms with van der Waals surface area (Å²) in [6, 6.07) is 14.1. The van der Waals surface area contributed by atoms with Crippen LogP contribution in [-0.2, 0) is 26.0 Å². The smallest absolute Gasteiger partial charge is 0.243 e. The first-order chi connectivity index (χ1) is 14.9. The van der Waals surface area contributed by atoms with E-state index >= 15 is 0 Å². The second-order valence-corrected chi connectivity index (χ2v) is 9.06. The van der Waals surface area contributed by atoms with Gasteiger partial charge in [0.05, 0.1) is 30.9 Å². The summed E-state index contributed by atoms with van der Waals surface area (Å²) in [4.78, 5) is 12.4. The number of amides is 1. The molecule has 2 aromatic carbocycles. The van der Waals surface area contributed by atoms with Gasteiger partial charge >= 0.3 is 0 Å². The van der Waals surface area contributed by atoms with E-state index in [0.29, 0.717) is 38.4 Å². The van der Waals surface area contributed by atoms with Gasteiger partial charge < -0.3 is 9.47 Å². The molecule has 0 bridgehead atoms. The molecule has 166 valence electrons. The number of hydrogen-bond acceptors (Lipinski definition) is 6. The number of sulfonamides is 1. The second-order valence-electron chi connectivity index (χ2n) is 7.12. The van der Waals surface area contributed by atoms with Gasteiger partial charge in [0.2, 0.25) is 15.9 Å². The summed E-state index contributed by atoms with van der Waals surface area (Å²) < 4.78 is 37.1. The SMILES string of the molecule is COc1ccc(C(C)=NNC(=O)CCc2ccc(S(=O)(=O)N3CCOCC3)cc2)cc1. The van der Waals surface area contributed by atoms with Crippen molar-refractivity contribution in [1.29, 1.82) is 0 Å². The predicted octanol–water partition coefficient (Wildman–Crippen LogP) is 2.19. The zero-order valence-corrected chi connectivity index (χ0v) is 18.5. The van der Waals surface area contributed by atoms with Crippen LogP contribution in [0.3, 0.4) is 0 Å². The third-order valence-electron chi connectivity index (χ3n) is 5.03. The Morgan fingerprint density at radius 1 is 1.10 bits per heavy atom. The van der Waals surface area contributed by atoms with Crippen LogP contribution in [0.25, 0.3) is 0 Å². The zero-order chi connectivity index (χ0) is 22.3. The Morgan fingerprint density at radius 2 is 1.74 bits per heavy atom. The van der Waals surface area contributed by atoms with Crippen LogP contribution >= 0.6 is 0 Å². The molecule has 0 saturated carbocycles. The van der Waals surface area contributed by atoms with Gasteiger partial charge in [-0.15, -0.1) is 0 Å². The van der Waals surface area contributed by atoms with Crippen LogP contribution in [0.1, 0.15) is 24.5 Å². The maximum Gasteiger partial charge on any atom is 0.243 e. The Labute approximate surface area is 182 Å². The van der Waals surface area contributed by atoms with E-state index in [1.165, 1.54) is 4.31 Å². The molecule has 1 aliphatic rings. The molecule has 0 aromatic heterocycles. The number of hydrogen-bond donors (Lipinski definition) is 1. The molecule has 1 saturated heterocycles. The number of hydrazone groups is 1. The molecule has 0 aliphatic carbocycles. The number of nitrogens with zero attached hydrogens (tertiary/aromatic N) is 2. The average Bonchev–Trinajstić information content (AvgIpc) is 2.82. The number of ether oxygens (including phenoxy) is 2. The number of morpholine rings is 1. The van der Waals surface area contributed by atoms with Gasteiger partial charge in [0, 0.05) is 19.5 Å². The highest BCUT2D eigenvalue weighted by molar-refractivity contribution is 7.89. The fraction of sp³-hybridized carbons (Fsp3) is 0.364. The Hall–Kier alpha value is -2.75. The summed E-state index contributed by atoms with van der Waals surface area (Å²) in [7, 11) is -1.91. The van der Waals surface area contributed by atoms with Crippen LogP contribution in [-0.4, -0.2) is 57.8 Å². The lowest BCUT2D eigenvalue weighted by atomic mass is 10.1. The van der Waals surface area contributed by atoms with Gasteiger partial charge in [0.1, 0.15) is 5.75 Å². The van der Waals surface area contributed by atoms with Crippen LogP contribution in [0.5, 0.6) is 5.75 Å². The summed E-state index contributed by atoms with van der Waals surface area (Å²) >= 11 is 0. The van der Waals surface area contributed by atoms with Gasteiger partial charge in [-0.2, -0.15) is 9.41 Å². The third-order valence-corrected chi connectivity index (χ3v) is 6.94. The van der Waals surface area contributed by atoms with E-state index in [0.717, 1.165) is 16.9 Å². The van der Waals surface area contributed by atoms with E-state index in [1.54, 1.807) is 31.4 Å². The lowest BCUT2D eigenvalue weighted by Crippen LogP contribution is -2.40. The monoisotopic (exact) mass is 445 g/mol. The number of methoxy groups -OCH3 is 1. The van der Waals surface area contributed by atoms with E-state index in [1.807, 2.05) is 31.2 Å². The maximum atomic E-state index is 12.7. The van der Waals surface area contributed by atoms with Crippen LogP contribution in [0.15, 0.2) is 58.5 Å². The van der Waals surface area contributed by atoms with E-state index in [9.17, 15) is 13.2 Å². The van der Waals surface area contributed by atoms with Crippen LogP contribution in [0.4, 0.5) is 0 Å². The van der Waals surface area contributed by atoms with E-state index in [-0.39, 0.29) is 17.2 Å². The molecule has 0 unspecified atom stereocenters. The summed E-state index contributed by atoms with van der Waals surface area (Å²) in [5.74, 6) is 0.544. The summed E-state index contributed by atoms with van der Waals surface area (Å²) in [6.07, 6.45) is 0.732. The average molecular weight is 446 g/mol. The van der Waals surface area contributed by atoms with Crippen LogP contribution in [0.2, 0.25) is 0 Å². The van der Waals surface area contributed by atoms with Crippen molar-refractivity contribution in [3.05, 3.63) is 59.7 Å². The van der Waals surface area contributed by atoms with Gasteiger partial charge in [-0.3, -0.25) is 4.79 Å². The number of carbonyl (C=O) groups is 1. The lowest BCUT2D eigenvalue weighted by molar-refractivity contribution is -0.121. The number of benzene rings is 2. The molecule has 31 heavy (non-hydrogen) atoms. The van der Waals surface area contributed by atoms with Crippen molar-refractivity contribution in [2.75, 3.05) is 33.4 Å². The van der Waals surface area contributed by atoms with Gasteiger partial charge in [0.15, 0.2) is 0 Å². The molecule has 1 heterocycles. The molecule has 1 aliphatic heterocycles. The number of aryl methyl sites for hydroxylation is 1. The molecule has 1 fully saturated rings. The highest BCUT2D eigenvalue weighted by Crippen LogP contribution is 2.18. The second kappa shape index (κ2) is 10.5. The van der Waals surface area contributed by atoms with Gasteiger partial charge in [-0.25, -0.2) is 13.8 Å². The molecular weight excluding hydrogens is 418 g/mol. The molecule has 1 amide bonds. The predicted molar refractivity (Wildman–Crippen MR) is 118 cm³/mol. The number of carbonyl (C=O) groups excluding carboxylic acids is 1. The Balaban J connectivity index is 1.51. The van der Waals surface area contributed by atoms with Crippen molar-refractivity contribution in [2.45, 2.75) is 24.7 Å². The highest BCUT2D eigenvalue weighted by Gasteiger charge is 2.26. The van der Waals surface area contributed by atoms with Gasteiger partial charge in [-0.1, -0.05) is 12.1 Å². The van der Waals surface area contributed by atoms with E-state index < -0.39 is 10.0 Å². The first-order valence-corrected chi connectivity index (χ1v) is 11.5. The van der Waals surface area contributed by atoms with E-state index in [4.69, 9.17) is 9.47 Å². The lowest BCUT2D eigenvalue weighted by Gasteiger charge is -2.26. The molecule has 2 aromatic rings. The maximum absolute atomic E-state index is 12.7. The highest BCUT2D eigenvalue weighted by atomic mass is 32.2. The van der Waals surface area contributed by atoms with Gasteiger partial charge in [0.25, 0.3) is 0 Å². The van der Waals surface area contributed by atoms with Crippen molar-refractivity contribution in [1.82, 2.24) is 9.73 Å². The molecule has 0 radical (unpaired) electrons. The Bertz CT molecular complexity index is 1010. The fourth-order valence-corrected chi connectivity index (χ4v) is 4.53.